The highest BCUT2D eigenvalue weighted by atomic mass is 16.3. The van der Waals surface area contributed by atoms with Gasteiger partial charge in [-0.1, -0.05) is 6.92 Å². The summed E-state index contributed by atoms with van der Waals surface area (Å²) in [6.45, 7) is 8.98. The largest absolute Gasteiger partial charge is 0.395 e. The molecular formula is C16H28N4O. The Bertz CT molecular complexity index is 439. The molecule has 5 heteroatoms. The minimum atomic E-state index is 0.277. The fraction of sp³-hybridized carbons (Fsp3) is 0.812. The van der Waals surface area contributed by atoms with E-state index in [0.717, 1.165) is 32.7 Å². The van der Waals surface area contributed by atoms with E-state index in [-0.39, 0.29) is 6.61 Å². The average Bonchev–Trinajstić information content (AvgIpc) is 2.89. The molecule has 118 valence electrons. The molecule has 0 aliphatic carbocycles. The van der Waals surface area contributed by atoms with Crippen molar-refractivity contribution in [1.82, 2.24) is 19.4 Å². The molecule has 1 N–H and O–H groups in total. The summed E-state index contributed by atoms with van der Waals surface area (Å²) in [4.78, 5) is 9.70. The number of imidazole rings is 1. The molecule has 2 aliphatic rings. The van der Waals surface area contributed by atoms with Gasteiger partial charge in [-0.05, 0) is 44.8 Å². The third kappa shape index (κ3) is 3.15. The number of rotatable bonds is 4. The van der Waals surface area contributed by atoms with Crippen LogP contribution in [-0.4, -0.2) is 63.8 Å². The zero-order valence-electron chi connectivity index (χ0n) is 13.1. The van der Waals surface area contributed by atoms with E-state index < -0.39 is 0 Å². The first-order chi connectivity index (χ1) is 10.3. The third-order valence-corrected chi connectivity index (χ3v) is 5.15. The molecule has 0 amide bonds. The summed E-state index contributed by atoms with van der Waals surface area (Å²) in [5, 5.41) is 9.09. The van der Waals surface area contributed by atoms with Crippen LogP contribution in [0.4, 0.5) is 0 Å². The zero-order valence-corrected chi connectivity index (χ0v) is 13.1. The highest BCUT2D eigenvalue weighted by Gasteiger charge is 2.34. The highest BCUT2D eigenvalue weighted by Crippen LogP contribution is 2.36. The molecule has 1 unspecified atom stereocenters. The molecule has 1 saturated heterocycles. The monoisotopic (exact) mass is 292 g/mol. The average molecular weight is 292 g/mol. The first kappa shape index (κ1) is 15.0. The number of aliphatic hydroxyl groups excluding tert-OH is 1. The summed E-state index contributed by atoms with van der Waals surface area (Å²) >= 11 is 0. The number of aryl methyl sites for hydroxylation is 1. The van der Waals surface area contributed by atoms with Crippen molar-refractivity contribution in [1.29, 1.82) is 0 Å². The maximum Gasteiger partial charge on any atom is 0.126 e. The first-order valence-corrected chi connectivity index (χ1v) is 8.41. The van der Waals surface area contributed by atoms with Gasteiger partial charge in [0.15, 0.2) is 0 Å². The Morgan fingerprint density at radius 2 is 2.05 bits per heavy atom. The summed E-state index contributed by atoms with van der Waals surface area (Å²) in [5.41, 5.74) is 0. The van der Waals surface area contributed by atoms with Crippen molar-refractivity contribution in [3.8, 4) is 0 Å². The number of β-amino-alcohol motifs (C(OH)–C–C–N with tert-alkyl or cyclic N) is 1. The van der Waals surface area contributed by atoms with Crippen molar-refractivity contribution in [2.24, 2.45) is 5.92 Å². The predicted molar refractivity (Wildman–Crippen MR) is 83.1 cm³/mol. The fourth-order valence-corrected chi connectivity index (χ4v) is 4.02. The smallest absolute Gasteiger partial charge is 0.126 e. The van der Waals surface area contributed by atoms with E-state index in [4.69, 9.17) is 10.1 Å². The van der Waals surface area contributed by atoms with Crippen LogP contribution in [0.1, 0.15) is 38.1 Å². The standard InChI is InChI=1S/C16H28N4O/c1-2-19-7-3-8-20-11-6-17-16(20)15(19)14-4-9-18(10-5-14)12-13-21/h6,11,14-15,21H,2-5,7-10,12-13H2,1H3. The Morgan fingerprint density at radius 3 is 2.76 bits per heavy atom. The molecule has 0 radical (unpaired) electrons. The van der Waals surface area contributed by atoms with Crippen molar-refractivity contribution < 1.29 is 5.11 Å². The van der Waals surface area contributed by atoms with Crippen LogP contribution >= 0.6 is 0 Å². The van der Waals surface area contributed by atoms with Gasteiger partial charge in [0, 0.05) is 32.0 Å². The van der Waals surface area contributed by atoms with Crippen molar-refractivity contribution >= 4 is 0 Å². The van der Waals surface area contributed by atoms with Crippen LogP contribution in [0.3, 0.4) is 0 Å². The van der Waals surface area contributed by atoms with Crippen molar-refractivity contribution in [2.45, 2.75) is 38.8 Å². The van der Waals surface area contributed by atoms with Crippen LogP contribution in [0.25, 0.3) is 0 Å². The predicted octanol–water partition coefficient (Wildman–Crippen LogP) is 1.35. The summed E-state index contributed by atoms with van der Waals surface area (Å²) in [7, 11) is 0. The zero-order chi connectivity index (χ0) is 14.7. The van der Waals surface area contributed by atoms with Crippen LogP contribution in [-0.2, 0) is 6.54 Å². The lowest BCUT2D eigenvalue weighted by atomic mass is 9.87. The normalized spacial score (nSPS) is 25.7. The first-order valence-electron chi connectivity index (χ1n) is 8.41. The third-order valence-electron chi connectivity index (χ3n) is 5.15. The number of hydrogen-bond acceptors (Lipinski definition) is 4. The lowest BCUT2D eigenvalue weighted by molar-refractivity contribution is 0.0801. The molecule has 1 atom stereocenters. The quantitative estimate of drug-likeness (QED) is 0.910. The Morgan fingerprint density at radius 1 is 1.24 bits per heavy atom. The van der Waals surface area contributed by atoms with Gasteiger partial charge in [-0.25, -0.2) is 4.98 Å². The Kier molecular flexibility index (Phi) is 4.93. The molecular weight excluding hydrogens is 264 g/mol. The molecule has 3 rings (SSSR count). The molecule has 2 aliphatic heterocycles. The van der Waals surface area contributed by atoms with E-state index in [9.17, 15) is 0 Å². The van der Waals surface area contributed by atoms with E-state index in [1.165, 1.54) is 31.6 Å². The van der Waals surface area contributed by atoms with Gasteiger partial charge < -0.3 is 14.6 Å². The number of aromatic nitrogens is 2. The number of piperidine rings is 1. The second-order valence-electron chi connectivity index (χ2n) is 6.31. The summed E-state index contributed by atoms with van der Waals surface area (Å²) in [6.07, 6.45) is 7.75. The molecule has 0 bridgehead atoms. The van der Waals surface area contributed by atoms with E-state index in [1.807, 2.05) is 6.20 Å². The van der Waals surface area contributed by atoms with E-state index in [1.54, 1.807) is 0 Å². The number of fused-ring (bicyclic) bond motifs is 1. The van der Waals surface area contributed by atoms with Crippen LogP contribution in [0.2, 0.25) is 0 Å². The Hall–Kier alpha value is -0.910. The van der Waals surface area contributed by atoms with Gasteiger partial charge in [-0.2, -0.15) is 0 Å². The number of hydrogen-bond donors (Lipinski definition) is 1. The van der Waals surface area contributed by atoms with Gasteiger partial charge in [0.2, 0.25) is 0 Å². The van der Waals surface area contributed by atoms with Crippen LogP contribution in [0.5, 0.6) is 0 Å². The molecule has 0 saturated carbocycles. The summed E-state index contributed by atoms with van der Waals surface area (Å²) < 4.78 is 2.36. The van der Waals surface area contributed by atoms with Gasteiger partial charge in [0.1, 0.15) is 5.82 Å². The van der Waals surface area contributed by atoms with Gasteiger partial charge in [0.25, 0.3) is 0 Å². The second-order valence-corrected chi connectivity index (χ2v) is 6.31. The summed E-state index contributed by atoms with van der Waals surface area (Å²) in [5.74, 6) is 1.97. The molecule has 21 heavy (non-hydrogen) atoms. The lowest BCUT2D eigenvalue weighted by Gasteiger charge is -2.39. The van der Waals surface area contributed by atoms with Crippen LogP contribution in [0.15, 0.2) is 12.4 Å². The molecule has 0 aromatic carbocycles. The van der Waals surface area contributed by atoms with Gasteiger partial charge >= 0.3 is 0 Å². The molecule has 1 fully saturated rings. The summed E-state index contributed by atoms with van der Waals surface area (Å²) in [6, 6.07) is 0.476. The maximum atomic E-state index is 9.09. The van der Waals surface area contributed by atoms with Gasteiger partial charge in [-0.15, -0.1) is 0 Å². The SMILES string of the molecule is CCN1CCCn2ccnc2C1C1CCN(CCO)CC1. The van der Waals surface area contributed by atoms with Gasteiger partial charge in [0.05, 0.1) is 12.6 Å². The second kappa shape index (κ2) is 6.90. The molecule has 1 aromatic heterocycles. The number of likely N-dealkylation sites (tertiary alicyclic amines) is 1. The van der Waals surface area contributed by atoms with Crippen LogP contribution < -0.4 is 0 Å². The van der Waals surface area contributed by atoms with Crippen LogP contribution in [0, 0.1) is 5.92 Å². The lowest BCUT2D eigenvalue weighted by Crippen LogP contribution is -2.42. The molecule has 1 aromatic rings. The minimum absolute atomic E-state index is 0.277. The molecule has 0 spiro atoms. The highest BCUT2D eigenvalue weighted by molar-refractivity contribution is 5.05. The molecule has 5 nitrogen and oxygen atoms in total. The fourth-order valence-electron chi connectivity index (χ4n) is 4.02. The topological polar surface area (TPSA) is 44.5 Å². The number of aliphatic hydroxyl groups is 1. The minimum Gasteiger partial charge on any atom is -0.395 e. The van der Waals surface area contributed by atoms with Crippen molar-refractivity contribution in [3.05, 3.63) is 18.2 Å². The number of nitrogens with zero attached hydrogens (tertiary/aromatic N) is 4. The maximum absolute atomic E-state index is 9.09. The van der Waals surface area contributed by atoms with Crippen molar-refractivity contribution in [2.75, 3.05) is 39.3 Å². The Balaban J connectivity index is 1.76. The van der Waals surface area contributed by atoms with E-state index in [2.05, 4.69) is 27.5 Å². The van der Waals surface area contributed by atoms with E-state index in [0.29, 0.717) is 12.0 Å². The van der Waals surface area contributed by atoms with Crippen molar-refractivity contribution in [3.63, 3.8) is 0 Å². The Labute approximate surface area is 127 Å². The van der Waals surface area contributed by atoms with Gasteiger partial charge in [-0.3, -0.25) is 4.90 Å². The molecule has 3 heterocycles. The van der Waals surface area contributed by atoms with E-state index >= 15 is 0 Å².